The summed E-state index contributed by atoms with van der Waals surface area (Å²) in [6.07, 6.45) is -0.195. The third-order valence-corrected chi connectivity index (χ3v) is 2.46. The zero-order chi connectivity index (χ0) is 13.7. The zero-order valence-corrected chi connectivity index (χ0v) is 10.3. The molecule has 0 heterocycles. The first kappa shape index (κ1) is 14.5. The van der Waals surface area contributed by atoms with Crippen LogP contribution in [0.1, 0.15) is 12.5 Å². The second-order valence-corrected chi connectivity index (χ2v) is 3.71. The number of nitrogen functional groups attached to an aromatic ring is 1. The molecule has 0 radical (unpaired) electrons. The van der Waals surface area contributed by atoms with Crippen LogP contribution in [0.2, 0.25) is 5.02 Å². The lowest BCUT2D eigenvalue weighted by Crippen LogP contribution is -2.11. The number of halogens is 3. The van der Waals surface area contributed by atoms with E-state index in [1.165, 1.54) is 12.1 Å². The van der Waals surface area contributed by atoms with Crippen LogP contribution in [0.25, 0.3) is 0 Å². The van der Waals surface area contributed by atoms with Crippen molar-refractivity contribution in [3.05, 3.63) is 22.7 Å². The molecule has 0 aliphatic rings. The van der Waals surface area contributed by atoms with Crippen LogP contribution < -0.4 is 10.5 Å². The Balaban J connectivity index is 2.99. The lowest BCUT2D eigenvalue weighted by atomic mass is 10.1. The maximum Gasteiger partial charge on any atom is 0.387 e. The van der Waals surface area contributed by atoms with Gasteiger partial charge in [0.1, 0.15) is 5.75 Å². The number of carbonyl (C=O) groups excluding carboxylic acids is 1. The Bertz CT molecular complexity index is 441. The van der Waals surface area contributed by atoms with Gasteiger partial charge in [-0.1, -0.05) is 11.6 Å². The van der Waals surface area contributed by atoms with Gasteiger partial charge in [0.15, 0.2) is 0 Å². The molecule has 0 aliphatic heterocycles. The van der Waals surface area contributed by atoms with Gasteiger partial charge in [-0.05, 0) is 19.1 Å². The van der Waals surface area contributed by atoms with E-state index in [0.29, 0.717) is 0 Å². The SMILES string of the molecule is CCOC(=O)Cc1c(Cl)ccc(OC(F)F)c1N. The molecular weight excluding hydrogens is 268 g/mol. The standard InChI is InChI=1S/C11H12ClF2NO3/c1-2-17-9(16)5-6-7(12)3-4-8(10(6)15)18-11(13)14/h3-4,11H,2,5,15H2,1H3. The first-order valence-electron chi connectivity index (χ1n) is 5.13. The van der Waals surface area contributed by atoms with Gasteiger partial charge in [0.2, 0.25) is 0 Å². The summed E-state index contributed by atoms with van der Waals surface area (Å²) in [6, 6.07) is 2.56. The number of ether oxygens (including phenoxy) is 2. The predicted octanol–water partition coefficient (Wildman–Crippen LogP) is 2.63. The largest absolute Gasteiger partial charge is 0.466 e. The maximum atomic E-state index is 12.1. The van der Waals surface area contributed by atoms with Crippen LogP contribution in [0.4, 0.5) is 14.5 Å². The van der Waals surface area contributed by atoms with E-state index in [2.05, 4.69) is 4.74 Å². The van der Waals surface area contributed by atoms with E-state index in [4.69, 9.17) is 22.1 Å². The third kappa shape index (κ3) is 3.73. The molecule has 0 saturated heterocycles. The first-order valence-corrected chi connectivity index (χ1v) is 5.50. The van der Waals surface area contributed by atoms with Crippen LogP contribution in [-0.4, -0.2) is 19.2 Å². The highest BCUT2D eigenvalue weighted by Gasteiger charge is 2.17. The predicted molar refractivity (Wildman–Crippen MR) is 62.8 cm³/mol. The Morgan fingerprint density at radius 3 is 2.72 bits per heavy atom. The molecule has 100 valence electrons. The van der Waals surface area contributed by atoms with E-state index in [-0.39, 0.29) is 35.1 Å². The van der Waals surface area contributed by atoms with E-state index < -0.39 is 12.6 Å². The Hall–Kier alpha value is -1.56. The fourth-order valence-corrected chi connectivity index (χ4v) is 1.58. The molecule has 2 N–H and O–H groups in total. The van der Waals surface area contributed by atoms with Crippen LogP contribution in [0.15, 0.2) is 12.1 Å². The van der Waals surface area contributed by atoms with Crippen molar-refractivity contribution >= 4 is 23.3 Å². The van der Waals surface area contributed by atoms with E-state index >= 15 is 0 Å². The van der Waals surface area contributed by atoms with Gasteiger partial charge in [0.25, 0.3) is 0 Å². The van der Waals surface area contributed by atoms with E-state index in [1.54, 1.807) is 6.92 Å². The lowest BCUT2D eigenvalue weighted by Gasteiger charge is -2.12. The molecule has 0 amide bonds. The van der Waals surface area contributed by atoms with E-state index in [1.807, 2.05) is 0 Å². The Labute approximate surface area is 108 Å². The number of nitrogens with two attached hydrogens (primary N) is 1. The second kappa shape index (κ2) is 6.39. The number of hydrogen-bond donors (Lipinski definition) is 1. The molecule has 0 unspecified atom stereocenters. The van der Waals surface area contributed by atoms with Crippen molar-refractivity contribution in [3.8, 4) is 5.75 Å². The van der Waals surface area contributed by atoms with Gasteiger partial charge in [-0.15, -0.1) is 0 Å². The van der Waals surface area contributed by atoms with Crippen LogP contribution in [0.3, 0.4) is 0 Å². The van der Waals surface area contributed by atoms with Crippen molar-refractivity contribution in [2.45, 2.75) is 20.0 Å². The van der Waals surface area contributed by atoms with Crippen LogP contribution in [0, 0.1) is 0 Å². The minimum Gasteiger partial charge on any atom is -0.466 e. The summed E-state index contributed by atoms with van der Waals surface area (Å²) in [7, 11) is 0. The van der Waals surface area contributed by atoms with Crippen LogP contribution >= 0.6 is 11.6 Å². The van der Waals surface area contributed by atoms with Gasteiger partial charge in [-0.3, -0.25) is 4.79 Å². The van der Waals surface area contributed by atoms with Gasteiger partial charge in [0, 0.05) is 10.6 Å². The average molecular weight is 280 g/mol. The number of anilines is 1. The summed E-state index contributed by atoms with van der Waals surface area (Å²) in [5.41, 5.74) is 5.76. The summed E-state index contributed by atoms with van der Waals surface area (Å²) in [4.78, 5) is 11.3. The molecule has 1 aromatic carbocycles. The molecule has 0 fully saturated rings. The van der Waals surface area contributed by atoms with Gasteiger partial charge in [0.05, 0.1) is 18.7 Å². The van der Waals surface area contributed by atoms with Gasteiger partial charge >= 0.3 is 12.6 Å². The van der Waals surface area contributed by atoms with Crippen LogP contribution in [-0.2, 0) is 16.0 Å². The van der Waals surface area contributed by atoms with Crippen molar-refractivity contribution in [3.63, 3.8) is 0 Å². The first-order chi connectivity index (χ1) is 8.45. The van der Waals surface area contributed by atoms with Crippen LogP contribution in [0.5, 0.6) is 5.75 Å². The highest BCUT2D eigenvalue weighted by Crippen LogP contribution is 2.32. The lowest BCUT2D eigenvalue weighted by molar-refractivity contribution is -0.142. The van der Waals surface area contributed by atoms with Crippen molar-refractivity contribution in [1.82, 2.24) is 0 Å². The summed E-state index contributed by atoms with van der Waals surface area (Å²) >= 11 is 5.85. The number of carbonyl (C=O) groups is 1. The van der Waals surface area contributed by atoms with Crippen molar-refractivity contribution < 1.29 is 23.0 Å². The smallest absolute Gasteiger partial charge is 0.387 e. The maximum absolute atomic E-state index is 12.1. The topological polar surface area (TPSA) is 61.5 Å². The summed E-state index contributed by atoms with van der Waals surface area (Å²) in [6.45, 7) is -1.13. The minimum absolute atomic E-state index is 0.0872. The molecule has 0 bridgehead atoms. The molecule has 7 heteroatoms. The quantitative estimate of drug-likeness (QED) is 0.665. The molecule has 1 rings (SSSR count). The number of esters is 1. The normalized spacial score (nSPS) is 10.5. The Morgan fingerprint density at radius 2 is 2.17 bits per heavy atom. The van der Waals surface area contributed by atoms with Gasteiger partial charge in [-0.25, -0.2) is 0 Å². The summed E-state index contributed by atoms with van der Waals surface area (Å²) in [5.74, 6) is -0.756. The number of rotatable bonds is 5. The van der Waals surface area contributed by atoms with Crippen molar-refractivity contribution in [1.29, 1.82) is 0 Å². The second-order valence-electron chi connectivity index (χ2n) is 3.30. The molecule has 0 aliphatic carbocycles. The van der Waals surface area contributed by atoms with E-state index in [0.717, 1.165) is 0 Å². The number of hydrogen-bond acceptors (Lipinski definition) is 4. The Kier molecular flexibility index (Phi) is 5.15. The van der Waals surface area contributed by atoms with Gasteiger partial charge < -0.3 is 15.2 Å². The van der Waals surface area contributed by atoms with Gasteiger partial charge in [-0.2, -0.15) is 8.78 Å². The van der Waals surface area contributed by atoms with Crippen molar-refractivity contribution in [2.75, 3.05) is 12.3 Å². The fraction of sp³-hybridized carbons (Fsp3) is 0.364. The Morgan fingerprint density at radius 1 is 1.50 bits per heavy atom. The molecule has 0 saturated carbocycles. The number of benzene rings is 1. The summed E-state index contributed by atoms with van der Waals surface area (Å²) in [5, 5.41) is 0.196. The summed E-state index contributed by atoms with van der Waals surface area (Å²) < 4.78 is 33.2. The molecule has 18 heavy (non-hydrogen) atoms. The fourth-order valence-electron chi connectivity index (χ4n) is 1.35. The molecule has 4 nitrogen and oxygen atoms in total. The number of alkyl halides is 2. The van der Waals surface area contributed by atoms with E-state index in [9.17, 15) is 13.6 Å². The molecule has 1 aromatic rings. The third-order valence-electron chi connectivity index (χ3n) is 2.10. The molecule has 0 aromatic heterocycles. The minimum atomic E-state index is -3.00. The highest BCUT2D eigenvalue weighted by molar-refractivity contribution is 6.32. The molecular formula is C11H12ClF2NO3. The highest BCUT2D eigenvalue weighted by atomic mass is 35.5. The molecule has 0 spiro atoms. The zero-order valence-electron chi connectivity index (χ0n) is 9.58. The van der Waals surface area contributed by atoms with Crippen molar-refractivity contribution in [2.24, 2.45) is 0 Å². The average Bonchev–Trinajstić information content (AvgIpc) is 2.28. The molecule has 0 atom stereocenters. The monoisotopic (exact) mass is 279 g/mol.